The molecule has 1 aromatic rings. The van der Waals surface area contributed by atoms with Gasteiger partial charge in [-0.05, 0) is 31.0 Å². The highest BCUT2D eigenvalue weighted by atomic mass is 16.6. The minimum atomic E-state index is -0.450. The molecule has 7 heteroatoms. The van der Waals surface area contributed by atoms with E-state index in [1.54, 1.807) is 31.1 Å². The minimum absolute atomic E-state index is 0.0466. The van der Waals surface area contributed by atoms with Gasteiger partial charge in [0.15, 0.2) is 5.75 Å². The number of nitro groups is 1. The second-order valence-electron chi connectivity index (χ2n) is 5.62. The number of carbonyl (C=O) groups is 1. The Morgan fingerprint density at radius 3 is 2.82 bits per heavy atom. The predicted molar refractivity (Wildman–Crippen MR) is 81.8 cm³/mol. The van der Waals surface area contributed by atoms with Gasteiger partial charge in [0.25, 0.3) is 0 Å². The van der Waals surface area contributed by atoms with Gasteiger partial charge in [-0.15, -0.1) is 0 Å². The number of likely N-dealkylation sites (N-methyl/N-ethyl adjacent to an activating group) is 1. The van der Waals surface area contributed by atoms with E-state index in [1.807, 2.05) is 0 Å². The highest BCUT2D eigenvalue weighted by Gasteiger charge is 2.31. The zero-order valence-corrected chi connectivity index (χ0v) is 13.1. The number of carbonyl (C=O) groups excluding carboxylic acids is 1. The van der Waals surface area contributed by atoms with E-state index in [0.29, 0.717) is 6.54 Å². The Kier molecular flexibility index (Phi) is 4.97. The Balaban J connectivity index is 2.18. The smallest absolute Gasteiger partial charge is 0.311 e. The van der Waals surface area contributed by atoms with Crippen LogP contribution in [0, 0.1) is 10.1 Å². The molecular weight excluding hydrogens is 286 g/mol. The maximum Gasteiger partial charge on any atom is 0.311 e. The number of nitrogens with zero attached hydrogens (tertiary/aromatic N) is 3. The largest absolute Gasteiger partial charge is 0.490 e. The molecule has 0 N–H and O–H groups in total. The SMILES string of the molecule is COc1ccc(CN2CCCC2C(=O)N(C)C)cc1[N+](=O)[O-]. The summed E-state index contributed by atoms with van der Waals surface area (Å²) in [6.45, 7) is 1.35. The van der Waals surface area contributed by atoms with Gasteiger partial charge in [0.05, 0.1) is 18.1 Å². The fraction of sp³-hybridized carbons (Fsp3) is 0.533. The van der Waals surface area contributed by atoms with Gasteiger partial charge in [-0.3, -0.25) is 19.8 Å². The van der Waals surface area contributed by atoms with Crippen molar-refractivity contribution >= 4 is 11.6 Å². The second-order valence-corrected chi connectivity index (χ2v) is 5.62. The van der Waals surface area contributed by atoms with Crippen molar-refractivity contribution in [1.82, 2.24) is 9.80 Å². The van der Waals surface area contributed by atoms with Crippen LogP contribution in [0.5, 0.6) is 5.75 Å². The van der Waals surface area contributed by atoms with E-state index in [2.05, 4.69) is 4.90 Å². The quantitative estimate of drug-likeness (QED) is 0.611. The van der Waals surface area contributed by atoms with Gasteiger partial charge in [-0.1, -0.05) is 6.07 Å². The number of rotatable bonds is 5. The number of hydrogen-bond donors (Lipinski definition) is 0. The van der Waals surface area contributed by atoms with Crippen molar-refractivity contribution in [3.63, 3.8) is 0 Å². The van der Waals surface area contributed by atoms with Gasteiger partial charge in [0.1, 0.15) is 0 Å². The lowest BCUT2D eigenvalue weighted by Gasteiger charge is -2.26. The lowest BCUT2D eigenvalue weighted by Crippen LogP contribution is -2.42. The summed E-state index contributed by atoms with van der Waals surface area (Å²) in [5.74, 6) is 0.330. The third-order valence-corrected chi connectivity index (χ3v) is 3.92. The first-order valence-electron chi connectivity index (χ1n) is 7.20. The van der Waals surface area contributed by atoms with E-state index in [9.17, 15) is 14.9 Å². The molecule has 7 nitrogen and oxygen atoms in total. The average molecular weight is 307 g/mol. The summed E-state index contributed by atoms with van der Waals surface area (Å²) in [5.41, 5.74) is 0.764. The van der Waals surface area contributed by atoms with Crippen LogP contribution in [0.3, 0.4) is 0 Å². The fourth-order valence-corrected chi connectivity index (χ4v) is 2.80. The molecule has 1 aromatic carbocycles. The van der Waals surface area contributed by atoms with E-state index < -0.39 is 4.92 Å². The summed E-state index contributed by atoms with van der Waals surface area (Å²) in [4.78, 5) is 26.5. The minimum Gasteiger partial charge on any atom is -0.490 e. The number of hydrogen-bond acceptors (Lipinski definition) is 5. The third-order valence-electron chi connectivity index (χ3n) is 3.92. The highest BCUT2D eigenvalue weighted by Crippen LogP contribution is 2.29. The van der Waals surface area contributed by atoms with Crippen molar-refractivity contribution < 1.29 is 14.5 Å². The molecule has 1 aliphatic rings. The Hall–Kier alpha value is -2.15. The summed E-state index contributed by atoms with van der Waals surface area (Å²) in [6, 6.07) is 4.79. The molecule has 1 unspecified atom stereocenters. The monoisotopic (exact) mass is 307 g/mol. The van der Waals surface area contributed by atoms with E-state index in [4.69, 9.17) is 4.74 Å². The average Bonchev–Trinajstić information content (AvgIpc) is 2.94. The van der Waals surface area contributed by atoms with Crippen molar-refractivity contribution in [2.24, 2.45) is 0 Å². The van der Waals surface area contributed by atoms with Gasteiger partial charge < -0.3 is 9.64 Å². The number of ether oxygens (including phenoxy) is 1. The zero-order valence-electron chi connectivity index (χ0n) is 13.1. The van der Waals surface area contributed by atoms with Crippen LogP contribution in [-0.2, 0) is 11.3 Å². The van der Waals surface area contributed by atoms with Crippen molar-refractivity contribution in [2.75, 3.05) is 27.7 Å². The normalized spacial score (nSPS) is 18.2. The molecule has 22 heavy (non-hydrogen) atoms. The van der Waals surface area contributed by atoms with Crippen LogP contribution >= 0.6 is 0 Å². The van der Waals surface area contributed by atoms with Crippen LogP contribution in [0.1, 0.15) is 18.4 Å². The van der Waals surface area contributed by atoms with Crippen LogP contribution in [-0.4, -0.2) is 54.4 Å². The molecule has 1 heterocycles. The first kappa shape index (κ1) is 16.2. The maximum atomic E-state index is 12.2. The standard InChI is InChI=1S/C15H21N3O4/c1-16(2)15(19)12-5-4-8-17(12)10-11-6-7-14(22-3)13(9-11)18(20)21/h6-7,9,12H,4-5,8,10H2,1-3H3. The van der Waals surface area contributed by atoms with Crippen LogP contribution in [0.4, 0.5) is 5.69 Å². The lowest BCUT2D eigenvalue weighted by molar-refractivity contribution is -0.385. The predicted octanol–water partition coefficient (Wildman–Crippen LogP) is 1.66. The van der Waals surface area contributed by atoms with Gasteiger partial charge in [-0.25, -0.2) is 0 Å². The zero-order chi connectivity index (χ0) is 16.3. The third kappa shape index (κ3) is 3.36. The van der Waals surface area contributed by atoms with Crippen LogP contribution in [0.25, 0.3) is 0 Å². The van der Waals surface area contributed by atoms with Crippen LogP contribution in [0.2, 0.25) is 0 Å². The molecule has 1 saturated heterocycles. The molecule has 1 amide bonds. The van der Waals surface area contributed by atoms with Gasteiger partial charge in [-0.2, -0.15) is 0 Å². The van der Waals surface area contributed by atoms with Gasteiger partial charge in [0, 0.05) is 26.7 Å². The Morgan fingerprint density at radius 2 is 2.23 bits per heavy atom. The molecule has 0 bridgehead atoms. The number of nitro benzene ring substituents is 1. The molecule has 0 saturated carbocycles. The molecule has 0 aromatic heterocycles. The molecule has 1 aliphatic heterocycles. The lowest BCUT2D eigenvalue weighted by atomic mass is 10.1. The molecule has 1 atom stereocenters. The first-order chi connectivity index (χ1) is 10.4. The Morgan fingerprint density at radius 1 is 1.50 bits per heavy atom. The molecular formula is C15H21N3O4. The van der Waals surface area contributed by atoms with E-state index in [-0.39, 0.29) is 23.4 Å². The number of benzene rings is 1. The maximum absolute atomic E-state index is 12.2. The summed E-state index contributed by atoms with van der Waals surface area (Å²) < 4.78 is 5.01. The van der Waals surface area contributed by atoms with Crippen LogP contribution in [0.15, 0.2) is 18.2 Å². The van der Waals surface area contributed by atoms with Crippen molar-refractivity contribution in [3.05, 3.63) is 33.9 Å². The topological polar surface area (TPSA) is 75.9 Å². The number of methoxy groups -OCH3 is 1. The molecule has 0 aliphatic carbocycles. The Bertz CT molecular complexity index is 574. The van der Waals surface area contributed by atoms with Crippen molar-refractivity contribution in [1.29, 1.82) is 0 Å². The van der Waals surface area contributed by atoms with E-state index in [0.717, 1.165) is 24.9 Å². The molecule has 2 rings (SSSR count). The van der Waals surface area contributed by atoms with E-state index in [1.165, 1.54) is 13.2 Å². The van der Waals surface area contributed by atoms with Crippen molar-refractivity contribution in [3.8, 4) is 5.75 Å². The molecule has 0 spiro atoms. The van der Waals surface area contributed by atoms with Crippen molar-refractivity contribution in [2.45, 2.75) is 25.4 Å². The van der Waals surface area contributed by atoms with Gasteiger partial charge >= 0.3 is 5.69 Å². The first-order valence-corrected chi connectivity index (χ1v) is 7.20. The second kappa shape index (κ2) is 6.74. The molecule has 120 valence electrons. The number of amides is 1. The fourth-order valence-electron chi connectivity index (χ4n) is 2.80. The Labute approximate surface area is 129 Å². The molecule has 1 fully saturated rings. The summed E-state index contributed by atoms with van der Waals surface area (Å²) >= 11 is 0. The van der Waals surface area contributed by atoms with Gasteiger partial charge in [0.2, 0.25) is 5.91 Å². The summed E-state index contributed by atoms with van der Waals surface area (Å²) in [6.07, 6.45) is 1.79. The summed E-state index contributed by atoms with van der Waals surface area (Å²) in [5, 5.41) is 11.1. The highest BCUT2D eigenvalue weighted by molar-refractivity contribution is 5.81. The number of likely N-dealkylation sites (tertiary alicyclic amines) is 1. The van der Waals surface area contributed by atoms with E-state index >= 15 is 0 Å². The van der Waals surface area contributed by atoms with Crippen LogP contribution < -0.4 is 4.74 Å². The summed E-state index contributed by atoms with van der Waals surface area (Å²) in [7, 11) is 4.91. The molecule has 0 radical (unpaired) electrons.